The molecule has 0 aliphatic rings. The Bertz CT molecular complexity index is 628. The van der Waals surface area contributed by atoms with Gasteiger partial charge in [-0.25, -0.2) is 0 Å². The van der Waals surface area contributed by atoms with Gasteiger partial charge in [-0.2, -0.15) is 0 Å². The molecule has 0 aliphatic carbocycles. The predicted octanol–water partition coefficient (Wildman–Crippen LogP) is 3.53. The van der Waals surface area contributed by atoms with E-state index < -0.39 is 5.97 Å². The molecule has 0 unspecified atom stereocenters. The number of hydrogen-bond donors (Lipinski definition) is 2. The molecule has 0 spiro atoms. The molecule has 140 valence electrons. The molecule has 2 aromatic carbocycles. The summed E-state index contributed by atoms with van der Waals surface area (Å²) in [7, 11) is 0. The second-order valence-corrected chi connectivity index (χ2v) is 6.00. The zero-order chi connectivity index (χ0) is 18.5. The Balaban J connectivity index is 1.53. The molecule has 2 N–H and O–H groups in total. The number of rotatable bonds is 13. The van der Waals surface area contributed by atoms with Gasteiger partial charge < -0.3 is 19.9 Å². The molecular weight excluding hydrogens is 330 g/mol. The van der Waals surface area contributed by atoms with Gasteiger partial charge in [0.15, 0.2) is 0 Å². The normalized spacial score (nSPS) is 10.5. The third-order valence-electron chi connectivity index (χ3n) is 3.83. The summed E-state index contributed by atoms with van der Waals surface area (Å²) in [5.74, 6) is 0.988. The Kier molecular flexibility index (Phi) is 9.08. The lowest BCUT2D eigenvalue weighted by molar-refractivity contribution is -0.136. The van der Waals surface area contributed by atoms with Gasteiger partial charge in [-0.15, -0.1) is 0 Å². The Morgan fingerprint density at radius 3 is 2.15 bits per heavy atom. The van der Waals surface area contributed by atoms with Crippen molar-refractivity contribution in [1.82, 2.24) is 5.32 Å². The number of aliphatic carboxylic acids is 1. The van der Waals surface area contributed by atoms with Crippen molar-refractivity contribution in [2.75, 3.05) is 26.3 Å². The third kappa shape index (κ3) is 8.53. The van der Waals surface area contributed by atoms with Gasteiger partial charge in [0.05, 0.1) is 19.6 Å². The lowest BCUT2D eigenvalue weighted by atomic mass is 10.1. The molecule has 0 saturated heterocycles. The highest BCUT2D eigenvalue weighted by Gasteiger charge is 1.99. The van der Waals surface area contributed by atoms with Gasteiger partial charge in [-0.05, 0) is 49.2 Å². The van der Waals surface area contributed by atoms with Crippen LogP contribution >= 0.6 is 0 Å². The topological polar surface area (TPSA) is 67.8 Å². The number of ether oxygens (including phenoxy) is 2. The smallest absolute Gasteiger partial charge is 0.304 e. The van der Waals surface area contributed by atoms with E-state index in [0.29, 0.717) is 19.8 Å². The highest BCUT2D eigenvalue weighted by molar-refractivity contribution is 5.66. The first-order chi connectivity index (χ1) is 12.7. The van der Waals surface area contributed by atoms with Gasteiger partial charge in [0.2, 0.25) is 0 Å². The van der Waals surface area contributed by atoms with Crippen LogP contribution < -0.4 is 14.8 Å². The number of carboxylic acids is 1. The molecule has 0 radical (unpaired) electrons. The number of aryl methyl sites for hydroxylation is 1. The van der Waals surface area contributed by atoms with E-state index in [9.17, 15) is 4.79 Å². The average Bonchev–Trinajstić information content (AvgIpc) is 2.66. The maximum Gasteiger partial charge on any atom is 0.304 e. The number of carbonyl (C=O) groups is 1. The predicted molar refractivity (Wildman–Crippen MR) is 102 cm³/mol. The van der Waals surface area contributed by atoms with Crippen LogP contribution in [0.15, 0.2) is 54.6 Å². The van der Waals surface area contributed by atoms with Crippen LogP contribution in [0.25, 0.3) is 0 Å². The minimum absolute atomic E-state index is 0.169. The van der Waals surface area contributed by atoms with Gasteiger partial charge in [0.1, 0.15) is 11.5 Å². The first-order valence-electron chi connectivity index (χ1n) is 9.06. The molecule has 0 aliphatic heterocycles. The van der Waals surface area contributed by atoms with Crippen LogP contribution in [-0.4, -0.2) is 37.4 Å². The van der Waals surface area contributed by atoms with Crippen LogP contribution in [-0.2, 0) is 11.2 Å². The van der Waals surface area contributed by atoms with E-state index >= 15 is 0 Å². The molecular formula is C21H27NO4. The zero-order valence-corrected chi connectivity index (χ0v) is 15.0. The Hall–Kier alpha value is -2.53. The van der Waals surface area contributed by atoms with E-state index in [2.05, 4.69) is 17.4 Å². The lowest BCUT2D eigenvalue weighted by Crippen LogP contribution is -2.19. The van der Waals surface area contributed by atoms with Crippen molar-refractivity contribution >= 4 is 5.97 Å². The SMILES string of the molecule is O=C(O)CCNCCCc1ccc(OCCCOc2ccccc2)cc1. The molecule has 0 bridgehead atoms. The maximum atomic E-state index is 10.4. The van der Waals surface area contributed by atoms with Crippen molar-refractivity contribution in [2.45, 2.75) is 25.7 Å². The van der Waals surface area contributed by atoms with Crippen molar-refractivity contribution in [3.63, 3.8) is 0 Å². The van der Waals surface area contributed by atoms with Crippen molar-refractivity contribution in [3.8, 4) is 11.5 Å². The first-order valence-corrected chi connectivity index (χ1v) is 9.06. The number of nitrogens with one attached hydrogen (secondary N) is 1. The fourth-order valence-electron chi connectivity index (χ4n) is 2.45. The lowest BCUT2D eigenvalue weighted by Gasteiger charge is -2.09. The largest absolute Gasteiger partial charge is 0.493 e. The Morgan fingerprint density at radius 2 is 1.50 bits per heavy atom. The molecule has 5 heteroatoms. The third-order valence-corrected chi connectivity index (χ3v) is 3.83. The van der Waals surface area contributed by atoms with E-state index in [1.54, 1.807) is 0 Å². The molecule has 5 nitrogen and oxygen atoms in total. The van der Waals surface area contributed by atoms with Crippen LogP contribution in [0.2, 0.25) is 0 Å². The van der Waals surface area contributed by atoms with Crippen LogP contribution in [0.5, 0.6) is 11.5 Å². The molecule has 0 heterocycles. The van der Waals surface area contributed by atoms with E-state index in [-0.39, 0.29) is 6.42 Å². The summed E-state index contributed by atoms with van der Waals surface area (Å²) >= 11 is 0. The second kappa shape index (κ2) is 11.9. The van der Waals surface area contributed by atoms with Crippen LogP contribution in [0.1, 0.15) is 24.8 Å². The molecule has 2 aromatic rings. The number of hydrogen-bond acceptors (Lipinski definition) is 4. The quantitative estimate of drug-likeness (QED) is 0.537. The summed E-state index contributed by atoms with van der Waals surface area (Å²) in [4.78, 5) is 10.4. The van der Waals surface area contributed by atoms with Crippen molar-refractivity contribution in [3.05, 3.63) is 60.2 Å². The van der Waals surface area contributed by atoms with Gasteiger partial charge >= 0.3 is 5.97 Å². The summed E-state index contributed by atoms with van der Waals surface area (Å²) in [5.41, 5.74) is 1.25. The molecule has 0 amide bonds. The second-order valence-electron chi connectivity index (χ2n) is 6.00. The molecule has 0 saturated carbocycles. The van der Waals surface area contributed by atoms with Crippen LogP contribution in [0, 0.1) is 0 Å². The van der Waals surface area contributed by atoms with E-state index in [1.807, 2.05) is 42.5 Å². The van der Waals surface area contributed by atoms with Crippen molar-refractivity contribution < 1.29 is 19.4 Å². The molecule has 0 atom stereocenters. The number of benzene rings is 2. The zero-order valence-electron chi connectivity index (χ0n) is 15.0. The van der Waals surface area contributed by atoms with Gasteiger partial charge in [0, 0.05) is 13.0 Å². The summed E-state index contributed by atoms with van der Waals surface area (Å²) in [6.07, 6.45) is 2.95. The summed E-state index contributed by atoms with van der Waals surface area (Å²) in [6.45, 7) is 2.61. The minimum atomic E-state index is -0.764. The van der Waals surface area contributed by atoms with Crippen LogP contribution in [0.4, 0.5) is 0 Å². The molecule has 0 fully saturated rings. The minimum Gasteiger partial charge on any atom is -0.493 e. The van der Waals surface area contributed by atoms with Crippen molar-refractivity contribution in [1.29, 1.82) is 0 Å². The molecule has 0 aromatic heterocycles. The maximum absolute atomic E-state index is 10.4. The fraction of sp³-hybridized carbons (Fsp3) is 0.381. The van der Waals surface area contributed by atoms with Gasteiger partial charge in [-0.3, -0.25) is 4.79 Å². The van der Waals surface area contributed by atoms with E-state index in [0.717, 1.165) is 37.3 Å². The summed E-state index contributed by atoms with van der Waals surface area (Å²) < 4.78 is 11.4. The highest BCUT2D eigenvalue weighted by Crippen LogP contribution is 2.14. The Morgan fingerprint density at radius 1 is 0.846 bits per heavy atom. The van der Waals surface area contributed by atoms with Crippen LogP contribution in [0.3, 0.4) is 0 Å². The molecule has 2 rings (SSSR count). The molecule has 26 heavy (non-hydrogen) atoms. The van der Waals surface area contributed by atoms with Gasteiger partial charge in [0.25, 0.3) is 0 Å². The fourth-order valence-corrected chi connectivity index (χ4v) is 2.45. The van der Waals surface area contributed by atoms with E-state index in [4.69, 9.17) is 14.6 Å². The monoisotopic (exact) mass is 357 g/mol. The summed E-state index contributed by atoms with van der Waals surface area (Å²) in [5, 5.41) is 11.7. The van der Waals surface area contributed by atoms with E-state index in [1.165, 1.54) is 5.56 Å². The standard InChI is InChI=1S/C21H27NO4/c23-21(24)13-15-22-14-4-6-18-9-11-20(12-10-18)26-17-5-16-25-19-7-2-1-3-8-19/h1-3,7-12,22H,4-6,13-17H2,(H,23,24). The van der Waals surface area contributed by atoms with Gasteiger partial charge in [-0.1, -0.05) is 30.3 Å². The number of para-hydroxylation sites is 1. The number of carboxylic acid groups (broad SMARTS) is 1. The average molecular weight is 357 g/mol. The summed E-state index contributed by atoms with van der Waals surface area (Å²) in [6, 6.07) is 17.9. The first kappa shape index (κ1) is 19.8. The Labute approximate surface area is 155 Å². The van der Waals surface area contributed by atoms with Crippen molar-refractivity contribution in [2.24, 2.45) is 0 Å². The highest BCUT2D eigenvalue weighted by atomic mass is 16.5.